The Hall–Kier alpha value is -2.34. The molecule has 1 fully saturated rings. The lowest BCUT2D eigenvalue weighted by atomic mass is 10.1. The first-order valence-electron chi connectivity index (χ1n) is 6.87. The Bertz CT molecular complexity index is 953. The summed E-state index contributed by atoms with van der Waals surface area (Å²) in [6, 6.07) is 0. The number of rotatable bonds is 4. The van der Waals surface area contributed by atoms with E-state index in [9.17, 15) is 18.6 Å². The molecular weight excluding hydrogens is 356 g/mol. The van der Waals surface area contributed by atoms with Crippen LogP contribution in [0.3, 0.4) is 0 Å². The number of aliphatic hydroxyl groups excluding tert-OH is 2. The van der Waals surface area contributed by atoms with Gasteiger partial charge in [-0.25, -0.2) is 19.8 Å². The number of nitrogens with two attached hydrogens (primary N) is 2. The number of terminal acetylenes is 1. The molecule has 0 aliphatic carbocycles. The van der Waals surface area contributed by atoms with E-state index in [1.54, 1.807) is 0 Å². The Morgan fingerprint density at radius 3 is 2.76 bits per heavy atom. The van der Waals surface area contributed by atoms with E-state index in [4.69, 9.17) is 22.0 Å². The first-order chi connectivity index (χ1) is 11.7. The fourth-order valence-electron chi connectivity index (χ4n) is 2.50. The largest absolute Gasteiger partial charge is 0.387 e. The third-order valence-corrected chi connectivity index (χ3v) is 4.09. The van der Waals surface area contributed by atoms with Gasteiger partial charge < -0.3 is 20.7 Å². The minimum absolute atomic E-state index is 0.0892. The number of hydrogen-bond acceptors (Lipinski definition) is 10. The zero-order valence-corrected chi connectivity index (χ0v) is 13.4. The van der Waals surface area contributed by atoms with Crippen LogP contribution in [-0.4, -0.2) is 63.3 Å². The van der Waals surface area contributed by atoms with Gasteiger partial charge in [0, 0.05) is 0 Å². The maximum atomic E-state index is 10.9. The van der Waals surface area contributed by atoms with Crippen LogP contribution in [0.15, 0.2) is 6.33 Å². The van der Waals surface area contributed by atoms with Gasteiger partial charge in [-0.3, -0.25) is 4.18 Å². The van der Waals surface area contributed by atoms with Crippen LogP contribution >= 0.6 is 0 Å². The Labute approximate surface area is 141 Å². The van der Waals surface area contributed by atoms with Crippen LogP contribution in [0.2, 0.25) is 0 Å². The minimum Gasteiger partial charge on any atom is -0.387 e. The Morgan fingerprint density at radius 2 is 2.12 bits per heavy atom. The topological polar surface area (TPSA) is 189 Å². The minimum atomic E-state index is -4.23. The highest BCUT2D eigenvalue weighted by molar-refractivity contribution is 7.84. The fraction of sp³-hybridized carbons (Fsp3) is 0.417. The molecule has 0 amide bonds. The van der Waals surface area contributed by atoms with Gasteiger partial charge in [0.25, 0.3) is 0 Å². The van der Waals surface area contributed by atoms with Crippen molar-refractivity contribution in [3.05, 3.63) is 12.0 Å². The molecular formula is C12H14N6O6S. The van der Waals surface area contributed by atoms with E-state index in [1.807, 2.05) is 0 Å². The summed E-state index contributed by atoms with van der Waals surface area (Å²) >= 11 is 0. The molecule has 0 unspecified atom stereocenters. The van der Waals surface area contributed by atoms with Crippen molar-refractivity contribution in [2.45, 2.75) is 24.5 Å². The summed E-state index contributed by atoms with van der Waals surface area (Å²) in [6.45, 7) is -0.591. The lowest BCUT2D eigenvalue weighted by molar-refractivity contribution is -0.0527. The number of aromatic nitrogens is 4. The molecule has 1 saturated heterocycles. The number of fused-ring (bicyclic) bond motifs is 1. The Balaban J connectivity index is 1.96. The lowest BCUT2D eigenvalue weighted by Crippen LogP contribution is -2.35. The molecule has 3 heterocycles. The third-order valence-electron chi connectivity index (χ3n) is 3.63. The molecule has 134 valence electrons. The average molecular weight is 370 g/mol. The van der Waals surface area contributed by atoms with Crippen LogP contribution in [0.5, 0.6) is 0 Å². The van der Waals surface area contributed by atoms with Crippen molar-refractivity contribution >= 4 is 27.2 Å². The summed E-state index contributed by atoms with van der Waals surface area (Å²) in [5.41, 5.74) is 6.09. The number of nitrogen functional groups attached to an aromatic ring is 1. The smallest absolute Gasteiger partial charge is 0.333 e. The average Bonchev–Trinajstić information content (AvgIpc) is 3.05. The molecule has 0 radical (unpaired) electrons. The molecule has 3 rings (SSSR count). The van der Waals surface area contributed by atoms with E-state index >= 15 is 0 Å². The SMILES string of the molecule is C#Cc1nn([C@@H]2O[C@H](COS(N)(=O)=O)[C@@H](O)[C@H]2O)c2ncnc(N)c12. The van der Waals surface area contributed by atoms with E-state index in [2.05, 4.69) is 25.2 Å². The molecule has 2 aromatic rings. The van der Waals surface area contributed by atoms with Crippen LogP contribution in [0.1, 0.15) is 11.9 Å². The van der Waals surface area contributed by atoms with Crippen molar-refractivity contribution in [2.75, 3.05) is 12.3 Å². The van der Waals surface area contributed by atoms with E-state index in [0.29, 0.717) is 5.39 Å². The normalized spacial score (nSPS) is 26.8. The molecule has 0 bridgehead atoms. The van der Waals surface area contributed by atoms with Gasteiger partial charge in [0.2, 0.25) is 0 Å². The molecule has 13 heteroatoms. The summed E-state index contributed by atoms with van der Waals surface area (Å²) in [5.74, 6) is 2.41. The standard InChI is InChI=1S/C12H14N6O6S/c1-2-5-7-10(13)15-4-16-11(7)18(17-5)12-9(20)8(19)6(24-12)3-23-25(14,21)22/h1,4,6,8-9,12,19-20H,3H2,(H2,13,15,16)(H2,14,21,22)/t6-,8-,9-,12-/m1/s1. The van der Waals surface area contributed by atoms with Crippen molar-refractivity contribution in [2.24, 2.45) is 5.14 Å². The molecule has 0 aromatic carbocycles. The fourth-order valence-corrected chi connectivity index (χ4v) is 2.83. The number of hydrogen-bond donors (Lipinski definition) is 4. The summed E-state index contributed by atoms with van der Waals surface area (Å²) < 4.78 is 32.7. The molecule has 6 N–H and O–H groups in total. The first-order valence-corrected chi connectivity index (χ1v) is 8.34. The van der Waals surface area contributed by atoms with Gasteiger partial charge in [0.05, 0.1) is 12.0 Å². The quantitative estimate of drug-likeness (QED) is 0.410. The number of anilines is 1. The summed E-state index contributed by atoms with van der Waals surface area (Å²) in [6.07, 6.45) is 1.27. The monoisotopic (exact) mass is 370 g/mol. The number of ether oxygens (including phenoxy) is 1. The first kappa shape index (κ1) is 17.5. The maximum Gasteiger partial charge on any atom is 0.333 e. The second-order valence-electron chi connectivity index (χ2n) is 5.22. The van der Waals surface area contributed by atoms with Gasteiger partial charge in [-0.05, 0) is 5.92 Å². The van der Waals surface area contributed by atoms with Gasteiger partial charge in [-0.15, -0.1) is 6.42 Å². The molecule has 25 heavy (non-hydrogen) atoms. The predicted octanol–water partition coefficient (Wildman–Crippen LogP) is -2.77. The van der Waals surface area contributed by atoms with Gasteiger partial charge in [-0.1, -0.05) is 0 Å². The zero-order valence-electron chi connectivity index (χ0n) is 12.6. The van der Waals surface area contributed by atoms with E-state index < -0.39 is 41.5 Å². The van der Waals surface area contributed by atoms with Crippen molar-refractivity contribution in [1.29, 1.82) is 0 Å². The molecule has 4 atom stereocenters. The van der Waals surface area contributed by atoms with Crippen LogP contribution in [0.25, 0.3) is 11.0 Å². The van der Waals surface area contributed by atoms with Gasteiger partial charge in [0.1, 0.15) is 36.2 Å². The number of aliphatic hydroxyl groups is 2. The molecule has 0 saturated carbocycles. The zero-order chi connectivity index (χ0) is 18.4. The molecule has 12 nitrogen and oxygen atoms in total. The van der Waals surface area contributed by atoms with E-state index in [-0.39, 0.29) is 17.2 Å². The van der Waals surface area contributed by atoms with Gasteiger partial charge in [-0.2, -0.15) is 13.5 Å². The van der Waals surface area contributed by atoms with Crippen LogP contribution in [-0.2, 0) is 19.2 Å². The molecule has 0 spiro atoms. The van der Waals surface area contributed by atoms with E-state index in [1.165, 1.54) is 6.33 Å². The van der Waals surface area contributed by atoms with E-state index in [0.717, 1.165) is 4.68 Å². The Morgan fingerprint density at radius 1 is 1.40 bits per heavy atom. The van der Waals surface area contributed by atoms with Crippen LogP contribution in [0.4, 0.5) is 5.82 Å². The van der Waals surface area contributed by atoms with Gasteiger partial charge >= 0.3 is 10.3 Å². The second kappa shape index (κ2) is 6.19. The molecule has 2 aromatic heterocycles. The summed E-state index contributed by atoms with van der Waals surface area (Å²) in [7, 11) is -4.23. The number of nitrogens with zero attached hydrogens (tertiary/aromatic N) is 4. The van der Waals surface area contributed by atoms with Gasteiger partial charge in [0.15, 0.2) is 11.9 Å². The highest BCUT2D eigenvalue weighted by Gasteiger charge is 2.45. The molecule has 1 aliphatic heterocycles. The van der Waals surface area contributed by atoms with Crippen molar-refractivity contribution in [1.82, 2.24) is 19.7 Å². The molecule has 1 aliphatic rings. The van der Waals surface area contributed by atoms with Crippen LogP contribution < -0.4 is 10.9 Å². The third kappa shape index (κ3) is 3.14. The van der Waals surface area contributed by atoms with Crippen LogP contribution in [0, 0.1) is 12.3 Å². The summed E-state index contributed by atoms with van der Waals surface area (Å²) in [4.78, 5) is 7.84. The van der Waals surface area contributed by atoms with Crippen molar-refractivity contribution < 1.29 is 27.6 Å². The highest BCUT2D eigenvalue weighted by atomic mass is 32.2. The van der Waals surface area contributed by atoms with Crippen molar-refractivity contribution in [3.8, 4) is 12.3 Å². The van der Waals surface area contributed by atoms with Crippen molar-refractivity contribution in [3.63, 3.8) is 0 Å². The second-order valence-corrected chi connectivity index (χ2v) is 6.44. The predicted molar refractivity (Wildman–Crippen MR) is 82.7 cm³/mol. The highest BCUT2D eigenvalue weighted by Crippen LogP contribution is 2.33. The lowest BCUT2D eigenvalue weighted by Gasteiger charge is -2.15. The Kier molecular flexibility index (Phi) is 4.33. The summed E-state index contributed by atoms with van der Waals surface area (Å²) in [5, 5.41) is 29.4. The maximum absolute atomic E-state index is 10.9.